The Balaban J connectivity index is 3.23. The van der Waals surface area contributed by atoms with Gasteiger partial charge in [0.2, 0.25) is 0 Å². The summed E-state index contributed by atoms with van der Waals surface area (Å²) < 4.78 is 5.21. The van der Waals surface area contributed by atoms with Crippen LogP contribution in [0.4, 0.5) is 5.69 Å². The minimum atomic E-state index is -1.11. The number of aromatic carboxylic acids is 1. The number of carboxylic acid groups (broad SMARTS) is 1. The highest BCUT2D eigenvalue weighted by Gasteiger charge is 2.15. The normalized spacial score (nSPS) is 9.76. The van der Waals surface area contributed by atoms with Crippen LogP contribution in [0.15, 0.2) is 12.1 Å². The van der Waals surface area contributed by atoms with Crippen LogP contribution in [0, 0.1) is 0 Å². The maximum absolute atomic E-state index is 11.0. The van der Waals surface area contributed by atoms with E-state index in [0.29, 0.717) is 12.3 Å². The lowest BCUT2D eigenvalue weighted by Gasteiger charge is -2.12. The SMILES string of the molecule is CCOc1cc(NC(N)=S)c(Cl)cc1C(=O)O. The quantitative estimate of drug-likeness (QED) is 0.729. The van der Waals surface area contributed by atoms with Gasteiger partial charge in [-0.2, -0.15) is 0 Å². The predicted molar refractivity (Wildman–Crippen MR) is 70.0 cm³/mol. The zero-order valence-electron chi connectivity index (χ0n) is 8.99. The third-order valence-electron chi connectivity index (χ3n) is 1.86. The summed E-state index contributed by atoms with van der Waals surface area (Å²) in [5.74, 6) is -0.902. The first-order valence-corrected chi connectivity index (χ1v) is 5.50. The van der Waals surface area contributed by atoms with Gasteiger partial charge in [-0.25, -0.2) is 4.79 Å². The van der Waals surface area contributed by atoms with Crippen molar-refractivity contribution in [2.75, 3.05) is 11.9 Å². The van der Waals surface area contributed by atoms with Crippen molar-refractivity contribution >= 4 is 40.6 Å². The van der Waals surface area contributed by atoms with Crippen LogP contribution in [0.2, 0.25) is 5.02 Å². The number of hydrogen-bond donors (Lipinski definition) is 3. The molecule has 0 fully saturated rings. The number of ether oxygens (including phenoxy) is 1. The molecular weight excluding hydrogens is 264 g/mol. The largest absolute Gasteiger partial charge is 0.493 e. The molecule has 1 aromatic rings. The molecule has 4 N–H and O–H groups in total. The summed E-state index contributed by atoms with van der Waals surface area (Å²) in [6.45, 7) is 2.09. The Hall–Kier alpha value is -1.53. The summed E-state index contributed by atoms with van der Waals surface area (Å²) in [4.78, 5) is 11.0. The van der Waals surface area contributed by atoms with E-state index in [-0.39, 0.29) is 21.4 Å². The first-order chi connectivity index (χ1) is 7.95. The van der Waals surface area contributed by atoms with Crippen molar-refractivity contribution in [1.82, 2.24) is 0 Å². The summed E-state index contributed by atoms with van der Waals surface area (Å²) in [6, 6.07) is 2.74. The second-order valence-corrected chi connectivity index (χ2v) is 3.90. The molecule has 0 amide bonds. The summed E-state index contributed by atoms with van der Waals surface area (Å²) in [7, 11) is 0. The van der Waals surface area contributed by atoms with E-state index in [0.717, 1.165) is 0 Å². The van der Waals surface area contributed by atoms with E-state index in [1.54, 1.807) is 6.92 Å². The second kappa shape index (κ2) is 5.70. The molecule has 0 atom stereocenters. The van der Waals surface area contributed by atoms with Gasteiger partial charge in [-0.1, -0.05) is 11.6 Å². The zero-order valence-corrected chi connectivity index (χ0v) is 10.6. The highest BCUT2D eigenvalue weighted by atomic mass is 35.5. The van der Waals surface area contributed by atoms with Crippen molar-refractivity contribution in [3.63, 3.8) is 0 Å². The lowest BCUT2D eigenvalue weighted by molar-refractivity contribution is 0.0692. The molecule has 0 aromatic heterocycles. The zero-order chi connectivity index (χ0) is 13.0. The maximum atomic E-state index is 11.0. The third kappa shape index (κ3) is 3.47. The molecule has 1 rings (SSSR count). The first-order valence-electron chi connectivity index (χ1n) is 4.71. The van der Waals surface area contributed by atoms with E-state index < -0.39 is 5.97 Å². The minimum Gasteiger partial charge on any atom is -0.493 e. The van der Waals surface area contributed by atoms with Gasteiger partial charge in [0.1, 0.15) is 11.3 Å². The standard InChI is InChI=1S/C10H11ClN2O3S/c1-2-16-8-4-7(13-10(12)17)6(11)3-5(8)9(14)15/h3-4H,2H2,1H3,(H,14,15)(H3,12,13,17). The number of thiocarbonyl (C=S) groups is 1. The van der Waals surface area contributed by atoms with Gasteiger partial charge in [0.15, 0.2) is 5.11 Å². The number of rotatable bonds is 4. The molecule has 0 spiro atoms. The van der Waals surface area contributed by atoms with Crippen LogP contribution in [0.25, 0.3) is 0 Å². The van der Waals surface area contributed by atoms with Crippen LogP contribution in [0.5, 0.6) is 5.75 Å². The molecule has 5 nitrogen and oxygen atoms in total. The highest BCUT2D eigenvalue weighted by molar-refractivity contribution is 7.80. The van der Waals surface area contributed by atoms with Crippen molar-refractivity contribution in [2.45, 2.75) is 6.92 Å². The number of halogens is 1. The number of benzene rings is 1. The van der Waals surface area contributed by atoms with E-state index in [1.807, 2.05) is 0 Å². The number of nitrogens with two attached hydrogens (primary N) is 1. The molecule has 0 aliphatic heterocycles. The topological polar surface area (TPSA) is 84.6 Å². The molecule has 0 saturated carbocycles. The Labute approximate surface area is 109 Å². The molecule has 92 valence electrons. The van der Waals surface area contributed by atoms with Crippen LogP contribution in [0.1, 0.15) is 17.3 Å². The lowest BCUT2D eigenvalue weighted by Crippen LogP contribution is -2.19. The number of hydrogen-bond acceptors (Lipinski definition) is 3. The molecule has 0 bridgehead atoms. The lowest BCUT2D eigenvalue weighted by atomic mass is 10.2. The number of anilines is 1. The van der Waals surface area contributed by atoms with E-state index in [1.165, 1.54) is 12.1 Å². The van der Waals surface area contributed by atoms with Crippen molar-refractivity contribution in [2.24, 2.45) is 5.73 Å². The minimum absolute atomic E-state index is 0.00894. The van der Waals surface area contributed by atoms with Crippen LogP contribution in [-0.4, -0.2) is 22.8 Å². The van der Waals surface area contributed by atoms with E-state index in [4.69, 9.17) is 27.2 Å². The van der Waals surface area contributed by atoms with Gasteiger partial charge in [0, 0.05) is 6.07 Å². The molecule has 0 aliphatic rings. The molecular formula is C10H11ClN2O3S. The van der Waals surface area contributed by atoms with Crippen molar-refractivity contribution < 1.29 is 14.6 Å². The molecule has 0 unspecified atom stereocenters. The van der Waals surface area contributed by atoms with Gasteiger partial charge in [-0.05, 0) is 25.2 Å². The van der Waals surface area contributed by atoms with Gasteiger partial charge in [-0.3, -0.25) is 0 Å². The summed E-state index contributed by atoms with van der Waals surface area (Å²) >= 11 is 10.6. The average Bonchev–Trinajstić information content (AvgIpc) is 2.21. The number of carbonyl (C=O) groups is 1. The smallest absolute Gasteiger partial charge is 0.339 e. The summed E-state index contributed by atoms with van der Waals surface area (Å²) in [5.41, 5.74) is 5.72. The Morgan fingerprint density at radius 1 is 1.65 bits per heavy atom. The number of carboxylic acids is 1. The average molecular weight is 275 g/mol. The monoisotopic (exact) mass is 274 g/mol. The van der Waals surface area contributed by atoms with Gasteiger partial charge in [0.25, 0.3) is 0 Å². The van der Waals surface area contributed by atoms with Crippen molar-refractivity contribution in [3.8, 4) is 5.75 Å². The van der Waals surface area contributed by atoms with E-state index in [2.05, 4.69) is 17.5 Å². The maximum Gasteiger partial charge on any atom is 0.339 e. The van der Waals surface area contributed by atoms with Crippen LogP contribution < -0.4 is 15.8 Å². The molecule has 0 heterocycles. The second-order valence-electron chi connectivity index (χ2n) is 3.06. The molecule has 0 radical (unpaired) electrons. The fourth-order valence-corrected chi connectivity index (χ4v) is 1.54. The third-order valence-corrected chi connectivity index (χ3v) is 2.27. The van der Waals surface area contributed by atoms with Gasteiger partial charge in [-0.15, -0.1) is 0 Å². The Bertz CT molecular complexity index is 465. The fourth-order valence-electron chi connectivity index (χ4n) is 1.22. The van der Waals surface area contributed by atoms with E-state index >= 15 is 0 Å². The van der Waals surface area contributed by atoms with Crippen LogP contribution in [-0.2, 0) is 0 Å². The van der Waals surface area contributed by atoms with Crippen molar-refractivity contribution in [1.29, 1.82) is 0 Å². The molecule has 7 heteroatoms. The summed E-state index contributed by atoms with van der Waals surface area (Å²) in [5, 5.41) is 11.9. The van der Waals surface area contributed by atoms with Crippen molar-refractivity contribution in [3.05, 3.63) is 22.7 Å². The number of nitrogens with one attached hydrogen (secondary N) is 1. The predicted octanol–water partition coefficient (Wildman–Crippen LogP) is 2.09. The van der Waals surface area contributed by atoms with E-state index in [9.17, 15) is 4.79 Å². The Morgan fingerprint density at radius 3 is 2.76 bits per heavy atom. The van der Waals surface area contributed by atoms with Crippen LogP contribution in [0.3, 0.4) is 0 Å². The summed E-state index contributed by atoms with van der Waals surface area (Å²) in [6.07, 6.45) is 0. The molecule has 0 aliphatic carbocycles. The molecule has 0 saturated heterocycles. The van der Waals surface area contributed by atoms with Gasteiger partial charge in [0.05, 0.1) is 17.3 Å². The van der Waals surface area contributed by atoms with Gasteiger partial charge < -0.3 is 20.9 Å². The van der Waals surface area contributed by atoms with Crippen LogP contribution >= 0.6 is 23.8 Å². The Morgan fingerprint density at radius 2 is 2.29 bits per heavy atom. The molecule has 1 aromatic carbocycles. The molecule has 17 heavy (non-hydrogen) atoms. The highest BCUT2D eigenvalue weighted by Crippen LogP contribution is 2.31. The fraction of sp³-hybridized carbons (Fsp3) is 0.200. The Kier molecular flexibility index (Phi) is 4.53. The first kappa shape index (κ1) is 13.5. The van der Waals surface area contributed by atoms with Gasteiger partial charge >= 0.3 is 5.97 Å².